The molecule has 0 aliphatic carbocycles. The average molecular weight is 267 g/mol. The smallest absolute Gasteiger partial charge is 0.133 e. The van der Waals surface area contributed by atoms with E-state index in [-0.39, 0.29) is 5.60 Å². The first-order valence-electron chi connectivity index (χ1n) is 7.15. The van der Waals surface area contributed by atoms with Crippen LogP contribution in [0.4, 0.5) is 0 Å². The fourth-order valence-corrected chi connectivity index (χ4v) is 3.05. The lowest BCUT2D eigenvalue weighted by atomic mass is 9.83. The molecule has 0 spiro atoms. The third-order valence-electron chi connectivity index (χ3n) is 4.20. The van der Waals surface area contributed by atoms with Crippen molar-refractivity contribution in [3.63, 3.8) is 0 Å². The Morgan fingerprint density at radius 1 is 1.15 bits per heavy atom. The van der Waals surface area contributed by atoms with Gasteiger partial charge in [-0.3, -0.25) is 0 Å². The Hall–Kier alpha value is -1.80. The molecule has 1 aliphatic rings. The lowest BCUT2D eigenvalue weighted by Crippen LogP contribution is -2.39. The van der Waals surface area contributed by atoms with Gasteiger partial charge in [0.05, 0.1) is 0 Å². The third kappa shape index (κ3) is 2.20. The van der Waals surface area contributed by atoms with Crippen LogP contribution in [0.5, 0.6) is 5.75 Å². The SMILES string of the molecule is CNC1CC(C)(c2cccc(C)c2)Oc2ccccc21. The van der Waals surface area contributed by atoms with Crippen LogP contribution in [0.25, 0.3) is 0 Å². The zero-order valence-electron chi connectivity index (χ0n) is 12.3. The van der Waals surface area contributed by atoms with Gasteiger partial charge in [0.2, 0.25) is 0 Å². The van der Waals surface area contributed by atoms with E-state index in [1.807, 2.05) is 13.1 Å². The molecule has 0 saturated carbocycles. The summed E-state index contributed by atoms with van der Waals surface area (Å²) >= 11 is 0. The lowest BCUT2D eigenvalue weighted by molar-refractivity contribution is 0.0461. The maximum Gasteiger partial charge on any atom is 0.133 e. The van der Waals surface area contributed by atoms with Gasteiger partial charge in [-0.1, -0.05) is 48.0 Å². The summed E-state index contributed by atoms with van der Waals surface area (Å²) in [6, 6.07) is 17.3. The van der Waals surface area contributed by atoms with Gasteiger partial charge in [0, 0.05) is 18.0 Å². The van der Waals surface area contributed by atoms with Crippen molar-refractivity contribution in [3.05, 3.63) is 65.2 Å². The fraction of sp³-hybridized carbons (Fsp3) is 0.333. The van der Waals surface area contributed by atoms with Crippen LogP contribution in [-0.4, -0.2) is 7.05 Å². The van der Waals surface area contributed by atoms with Crippen molar-refractivity contribution in [2.75, 3.05) is 7.05 Å². The first-order valence-corrected chi connectivity index (χ1v) is 7.15. The van der Waals surface area contributed by atoms with E-state index in [0.29, 0.717) is 6.04 Å². The molecule has 0 amide bonds. The molecular formula is C18H21NO. The number of fused-ring (bicyclic) bond motifs is 1. The summed E-state index contributed by atoms with van der Waals surface area (Å²) in [5.74, 6) is 0.988. The molecule has 104 valence electrons. The highest BCUT2D eigenvalue weighted by Crippen LogP contribution is 2.44. The molecule has 0 aromatic heterocycles. The number of hydrogen-bond acceptors (Lipinski definition) is 2. The van der Waals surface area contributed by atoms with Crippen molar-refractivity contribution < 1.29 is 4.74 Å². The van der Waals surface area contributed by atoms with Crippen LogP contribution in [0.15, 0.2) is 48.5 Å². The number of para-hydroxylation sites is 1. The summed E-state index contributed by atoms with van der Waals surface area (Å²) in [7, 11) is 2.02. The number of ether oxygens (including phenoxy) is 1. The zero-order valence-corrected chi connectivity index (χ0v) is 12.3. The van der Waals surface area contributed by atoms with Crippen LogP contribution < -0.4 is 10.1 Å². The molecular weight excluding hydrogens is 246 g/mol. The van der Waals surface area contributed by atoms with E-state index >= 15 is 0 Å². The normalized spacial score (nSPS) is 24.9. The van der Waals surface area contributed by atoms with Gasteiger partial charge in [-0.25, -0.2) is 0 Å². The minimum absolute atomic E-state index is 0.284. The molecule has 1 heterocycles. The van der Waals surface area contributed by atoms with E-state index in [4.69, 9.17) is 4.74 Å². The van der Waals surface area contributed by atoms with Crippen molar-refractivity contribution in [3.8, 4) is 5.75 Å². The average Bonchev–Trinajstić information content (AvgIpc) is 2.46. The summed E-state index contributed by atoms with van der Waals surface area (Å²) in [6.07, 6.45) is 0.934. The highest BCUT2D eigenvalue weighted by Gasteiger charge is 2.38. The highest BCUT2D eigenvalue weighted by atomic mass is 16.5. The van der Waals surface area contributed by atoms with E-state index in [2.05, 4.69) is 61.6 Å². The number of nitrogens with one attached hydrogen (secondary N) is 1. The van der Waals surface area contributed by atoms with E-state index in [9.17, 15) is 0 Å². The van der Waals surface area contributed by atoms with Crippen LogP contribution in [0.3, 0.4) is 0 Å². The van der Waals surface area contributed by atoms with Crippen molar-refractivity contribution in [1.29, 1.82) is 0 Å². The first kappa shape index (κ1) is 13.2. The molecule has 2 aromatic rings. The van der Waals surface area contributed by atoms with Crippen LogP contribution in [0, 0.1) is 6.92 Å². The van der Waals surface area contributed by atoms with E-state index in [1.165, 1.54) is 16.7 Å². The van der Waals surface area contributed by atoms with Crippen LogP contribution >= 0.6 is 0 Å². The Bertz CT molecular complexity index is 622. The predicted molar refractivity (Wildman–Crippen MR) is 82.0 cm³/mol. The molecule has 0 radical (unpaired) electrons. The summed E-state index contributed by atoms with van der Waals surface area (Å²) in [6.45, 7) is 4.31. The van der Waals surface area contributed by atoms with Crippen LogP contribution in [0.2, 0.25) is 0 Å². The molecule has 3 rings (SSSR count). The molecule has 2 atom stereocenters. The van der Waals surface area contributed by atoms with Gasteiger partial charge in [0.1, 0.15) is 11.4 Å². The summed E-state index contributed by atoms with van der Waals surface area (Å²) in [5.41, 5.74) is 3.48. The number of aryl methyl sites for hydroxylation is 1. The molecule has 2 nitrogen and oxygen atoms in total. The highest BCUT2D eigenvalue weighted by molar-refractivity contribution is 5.41. The van der Waals surface area contributed by atoms with Crippen molar-refractivity contribution in [2.24, 2.45) is 0 Å². The minimum Gasteiger partial charge on any atom is -0.482 e. The van der Waals surface area contributed by atoms with Gasteiger partial charge in [-0.2, -0.15) is 0 Å². The largest absolute Gasteiger partial charge is 0.482 e. The zero-order chi connectivity index (χ0) is 14.2. The van der Waals surface area contributed by atoms with Gasteiger partial charge < -0.3 is 10.1 Å². The summed E-state index contributed by atoms with van der Waals surface area (Å²) < 4.78 is 6.35. The number of rotatable bonds is 2. The Labute approximate surface area is 120 Å². The topological polar surface area (TPSA) is 21.3 Å². The maximum absolute atomic E-state index is 6.35. The van der Waals surface area contributed by atoms with Crippen molar-refractivity contribution >= 4 is 0 Å². The molecule has 0 bridgehead atoms. The van der Waals surface area contributed by atoms with Gasteiger partial charge in [-0.05, 0) is 32.5 Å². The second kappa shape index (κ2) is 4.95. The monoisotopic (exact) mass is 267 g/mol. The maximum atomic E-state index is 6.35. The van der Waals surface area contributed by atoms with Crippen LogP contribution in [-0.2, 0) is 5.60 Å². The second-order valence-electron chi connectivity index (χ2n) is 5.79. The molecule has 1 aliphatic heterocycles. The summed E-state index contributed by atoms with van der Waals surface area (Å²) in [5, 5.41) is 3.42. The van der Waals surface area contributed by atoms with E-state index in [1.54, 1.807) is 0 Å². The van der Waals surface area contributed by atoms with Gasteiger partial charge in [-0.15, -0.1) is 0 Å². The molecule has 1 N–H and O–H groups in total. The minimum atomic E-state index is -0.284. The fourth-order valence-electron chi connectivity index (χ4n) is 3.05. The standard InChI is InChI=1S/C18H21NO/c1-13-7-6-8-14(11-13)18(2)12-16(19-3)15-9-4-5-10-17(15)20-18/h4-11,16,19H,12H2,1-3H3. The quantitative estimate of drug-likeness (QED) is 0.889. The molecule has 2 aromatic carbocycles. The summed E-state index contributed by atoms with van der Waals surface area (Å²) in [4.78, 5) is 0. The third-order valence-corrected chi connectivity index (χ3v) is 4.20. The Kier molecular flexibility index (Phi) is 3.27. The van der Waals surface area contributed by atoms with Crippen molar-refractivity contribution in [1.82, 2.24) is 5.32 Å². The molecule has 2 unspecified atom stereocenters. The van der Waals surface area contributed by atoms with Gasteiger partial charge >= 0.3 is 0 Å². The van der Waals surface area contributed by atoms with E-state index in [0.717, 1.165) is 12.2 Å². The van der Waals surface area contributed by atoms with Gasteiger partial charge in [0.15, 0.2) is 0 Å². The number of benzene rings is 2. The molecule has 0 saturated heterocycles. The Morgan fingerprint density at radius 2 is 1.95 bits per heavy atom. The van der Waals surface area contributed by atoms with Gasteiger partial charge in [0.25, 0.3) is 0 Å². The lowest BCUT2D eigenvalue weighted by Gasteiger charge is -2.40. The molecule has 0 fully saturated rings. The molecule has 2 heteroatoms. The van der Waals surface area contributed by atoms with Crippen LogP contribution in [0.1, 0.15) is 36.1 Å². The van der Waals surface area contributed by atoms with E-state index < -0.39 is 0 Å². The molecule has 20 heavy (non-hydrogen) atoms. The Balaban J connectivity index is 2.05. The van der Waals surface area contributed by atoms with Crippen molar-refractivity contribution in [2.45, 2.75) is 31.9 Å². The predicted octanol–water partition coefficient (Wildman–Crippen LogP) is 3.95. The number of hydrogen-bond donors (Lipinski definition) is 1. The second-order valence-corrected chi connectivity index (χ2v) is 5.79. The first-order chi connectivity index (χ1) is 9.62. The Morgan fingerprint density at radius 3 is 2.70 bits per heavy atom.